The highest BCUT2D eigenvalue weighted by molar-refractivity contribution is 9.10. The fraction of sp³-hybridized carbons (Fsp3) is 0.538. The standard InChI is InChI=1S/C13H21BrN2O/c1-3-17-10-9-16(2)8-7-15-13-6-4-5-12(14)11-13/h4-6,11,15H,3,7-10H2,1-2H3. The highest BCUT2D eigenvalue weighted by Crippen LogP contribution is 2.15. The number of ether oxygens (including phenoxy) is 1. The molecule has 0 saturated heterocycles. The smallest absolute Gasteiger partial charge is 0.0593 e. The van der Waals surface area contributed by atoms with Crippen molar-refractivity contribution in [3.05, 3.63) is 28.7 Å². The normalized spacial score (nSPS) is 10.8. The van der Waals surface area contributed by atoms with Crippen molar-refractivity contribution in [2.24, 2.45) is 0 Å². The van der Waals surface area contributed by atoms with Gasteiger partial charge in [0.2, 0.25) is 0 Å². The third kappa shape index (κ3) is 6.66. The van der Waals surface area contributed by atoms with Crippen LogP contribution in [0.15, 0.2) is 28.7 Å². The Morgan fingerprint density at radius 2 is 2.18 bits per heavy atom. The van der Waals surface area contributed by atoms with Gasteiger partial charge in [-0.3, -0.25) is 0 Å². The second-order valence-electron chi connectivity index (χ2n) is 3.94. The van der Waals surface area contributed by atoms with Gasteiger partial charge in [-0.05, 0) is 32.2 Å². The lowest BCUT2D eigenvalue weighted by molar-refractivity contribution is 0.123. The van der Waals surface area contributed by atoms with E-state index in [1.807, 2.05) is 19.1 Å². The van der Waals surface area contributed by atoms with Crippen LogP contribution >= 0.6 is 15.9 Å². The monoisotopic (exact) mass is 300 g/mol. The Balaban J connectivity index is 2.14. The molecule has 0 atom stereocenters. The number of nitrogens with one attached hydrogen (secondary N) is 1. The van der Waals surface area contributed by atoms with E-state index in [2.05, 4.69) is 45.3 Å². The first-order valence-corrected chi connectivity index (χ1v) is 6.77. The fourth-order valence-corrected chi connectivity index (χ4v) is 1.87. The minimum Gasteiger partial charge on any atom is -0.384 e. The zero-order valence-electron chi connectivity index (χ0n) is 10.6. The summed E-state index contributed by atoms with van der Waals surface area (Å²) in [5.41, 5.74) is 1.15. The minimum absolute atomic E-state index is 0.796. The van der Waals surface area contributed by atoms with Gasteiger partial charge in [-0.15, -0.1) is 0 Å². The molecule has 96 valence electrons. The molecule has 1 aromatic carbocycles. The lowest BCUT2D eigenvalue weighted by atomic mass is 10.3. The van der Waals surface area contributed by atoms with Gasteiger partial charge in [0.05, 0.1) is 6.61 Å². The molecule has 0 aromatic heterocycles. The highest BCUT2D eigenvalue weighted by Gasteiger charge is 1.98. The molecule has 0 spiro atoms. The van der Waals surface area contributed by atoms with Crippen molar-refractivity contribution >= 4 is 21.6 Å². The second kappa shape index (κ2) is 8.50. The van der Waals surface area contributed by atoms with E-state index in [1.165, 1.54) is 0 Å². The number of benzene rings is 1. The van der Waals surface area contributed by atoms with Crippen molar-refractivity contribution in [1.82, 2.24) is 4.90 Å². The number of nitrogens with zero attached hydrogens (tertiary/aromatic N) is 1. The molecule has 1 aromatic rings. The average Bonchev–Trinajstić information content (AvgIpc) is 2.29. The Labute approximate surface area is 112 Å². The largest absolute Gasteiger partial charge is 0.384 e. The Morgan fingerprint density at radius 3 is 2.88 bits per heavy atom. The van der Waals surface area contributed by atoms with E-state index in [-0.39, 0.29) is 0 Å². The molecule has 1 rings (SSSR count). The molecule has 4 heteroatoms. The average molecular weight is 301 g/mol. The molecule has 0 saturated carbocycles. The summed E-state index contributed by atoms with van der Waals surface area (Å²) in [5.74, 6) is 0. The third-order valence-electron chi connectivity index (χ3n) is 2.47. The molecule has 3 nitrogen and oxygen atoms in total. The molecule has 0 amide bonds. The van der Waals surface area contributed by atoms with Crippen molar-refractivity contribution in [3.63, 3.8) is 0 Å². The van der Waals surface area contributed by atoms with Crippen LogP contribution < -0.4 is 5.32 Å². The molecule has 0 aliphatic rings. The van der Waals surface area contributed by atoms with Crippen LogP contribution in [0.1, 0.15) is 6.92 Å². The number of rotatable bonds is 8. The number of hydrogen-bond donors (Lipinski definition) is 1. The van der Waals surface area contributed by atoms with Gasteiger partial charge in [0.15, 0.2) is 0 Å². The molecule has 0 unspecified atom stereocenters. The summed E-state index contributed by atoms with van der Waals surface area (Å²) >= 11 is 3.46. The van der Waals surface area contributed by atoms with Crippen molar-refractivity contribution in [3.8, 4) is 0 Å². The summed E-state index contributed by atoms with van der Waals surface area (Å²) in [7, 11) is 2.11. The van der Waals surface area contributed by atoms with Crippen LogP contribution in [0.3, 0.4) is 0 Å². The Kier molecular flexibility index (Phi) is 7.24. The van der Waals surface area contributed by atoms with Crippen molar-refractivity contribution in [2.75, 3.05) is 45.2 Å². The van der Waals surface area contributed by atoms with E-state index in [4.69, 9.17) is 4.74 Å². The number of halogens is 1. The molecule has 1 N–H and O–H groups in total. The van der Waals surface area contributed by atoms with E-state index in [1.54, 1.807) is 0 Å². The number of hydrogen-bond acceptors (Lipinski definition) is 3. The van der Waals surface area contributed by atoms with Crippen molar-refractivity contribution < 1.29 is 4.74 Å². The maximum atomic E-state index is 5.32. The van der Waals surface area contributed by atoms with Crippen LogP contribution in [0.2, 0.25) is 0 Å². The first kappa shape index (κ1) is 14.5. The SMILES string of the molecule is CCOCCN(C)CCNc1cccc(Br)c1. The van der Waals surface area contributed by atoms with Gasteiger partial charge >= 0.3 is 0 Å². The van der Waals surface area contributed by atoms with E-state index >= 15 is 0 Å². The number of likely N-dealkylation sites (N-methyl/N-ethyl adjacent to an activating group) is 1. The van der Waals surface area contributed by atoms with E-state index in [0.717, 1.165) is 43.0 Å². The van der Waals surface area contributed by atoms with Crippen molar-refractivity contribution in [2.45, 2.75) is 6.92 Å². The van der Waals surface area contributed by atoms with Gasteiger partial charge in [-0.1, -0.05) is 22.0 Å². The zero-order valence-corrected chi connectivity index (χ0v) is 12.2. The fourth-order valence-electron chi connectivity index (χ4n) is 1.47. The third-order valence-corrected chi connectivity index (χ3v) is 2.96. The number of anilines is 1. The zero-order chi connectivity index (χ0) is 12.5. The summed E-state index contributed by atoms with van der Waals surface area (Å²) < 4.78 is 6.42. The predicted octanol–water partition coefficient (Wildman–Crippen LogP) is 2.83. The van der Waals surface area contributed by atoms with Crippen LogP contribution in [0.5, 0.6) is 0 Å². The van der Waals surface area contributed by atoms with Crippen LogP contribution in [0.4, 0.5) is 5.69 Å². The molecule has 0 bridgehead atoms. The van der Waals surface area contributed by atoms with Gasteiger partial charge in [0.25, 0.3) is 0 Å². The van der Waals surface area contributed by atoms with Crippen LogP contribution in [-0.4, -0.2) is 44.8 Å². The molecular weight excluding hydrogens is 280 g/mol. The Morgan fingerprint density at radius 1 is 1.35 bits per heavy atom. The van der Waals surface area contributed by atoms with Gasteiger partial charge in [0, 0.05) is 36.4 Å². The molecule has 0 aliphatic heterocycles. The maximum absolute atomic E-state index is 5.32. The predicted molar refractivity (Wildman–Crippen MR) is 76.6 cm³/mol. The molecule has 17 heavy (non-hydrogen) atoms. The van der Waals surface area contributed by atoms with Crippen LogP contribution in [0, 0.1) is 0 Å². The van der Waals surface area contributed by atoms with Gasteiger partial charge in [-0.2, -0.15) is 0 Å². The van der Waals surface area contributed by atoms with Crippen molar-refractivity contribution in [1.29, 1.82) is 0 Å². The maximum Gasteiger partial charge on any atom is 0.0593 e. The molecule has 0 aliphatic carbocycles. The summed E-state index contributed by atoms with van der Waals surface area (Å²) in [4.78, 5) is 2.26. The lowest BCUT2D eigenvalue weighted by Gasteiger charge is -2.17. The van der Waals surface area contributed by atoms with Crippen LogP contribution in [0.25, 0.3) is 0 Å². The first-order chi connectivity index (χ1) is 8.22. The molecule has 0 fully saturated rings. The second-order valence-corrected chi connectivity index (χ2v) is 4.85. The van der Waals surface area contributed by atoms with E-state index < -0.39 is 0 Å². The summed E-state index contributed by atoms with van der Waals surface area (Å²) in [6.45, 7) is 6.56. The van der Waals surface area contributed by atoms with E-state index in [0.29, 0.717) is 0 Å². The lowest BCUT2D eigenvalue weighted by Crippen LogP contribution is -2.28. The molecule has 0 radical (unpaired) electrons. The van der Waals surface area contributed by atoms with Gasteiger partial charge in [-0.25, -0.2) is 0 Å². The van der Waals surface area contributed by atoms with E-state index in [9.17, 15) is 0 Å². The van der Waals surface area contributed by atoms with Gasteiger partial charge < -0.3 is 15.0 Å². The Hall–Kier alpha value is -0.580. The summed E-state index contributed by atoms with van der Waals surface area (Å²) in [6.07, 6.45) is 0. The van der Waals surface area contributed by atoms with Crippen LogP contribution in [-0.2, 0) is 4.74 Å². The quantitative estimate of drug-likeness (QED) is 0.747. The topological polar surface area (TPSA) is 24.5 Å². The summed E-state index contributed by atoms with van der Waals surface area (Å²) in [5, 5.41) is 3.39. The minimum atomic E-state index is 0.796. The molecule has 0 heterocycles. The Bertz CT molecular complexity index is 320. The first-order valence-electron chi connectivity index (χ1n) is 5.98. The molecular formula is C13H21BrN2O. The highest BCUT2D eigenvalue weighted by atomic mass is 79.9. The van der Waals surface area contributed by atoms with Gasteiger partial charge in [0.1, 0.15) is 0 Å². The summed E-state index contributed by atoms with van der Waals surface area (Å²) in [6, 6.07) is 8.22.